The number of amides is 2. The summed E-state index contributed by atoms with van der Waals surface area (Å²) in [4.78, 5) is 40.2. The molecular weight excluding hydrogens is 610 g/mol. The molecule has 0 saturated carbocycles. The zero-order valence-electron chi connectivity index (χ0n) is 34.0. The van der Waals surface area contributed by atoms with Crippen LogP contribution in [0.4, 0.5) is 0 Å². The molecule has 49 heavy (non-hydrogen) atoms. The lowest BCUT2D eigenvalue weighted by Crippen LogP contribution is -2.37. The van der Waals surface area contributed by atoms with Gasteiger partial charge in [0.25, 0.3) is 0 Å². The van der Waals surface area contributed by atoms with E-state index >= 15 is 0 Å². The number of hydrogen-bond acceptors (Lipinski definition) is 5. The Balaban J connectivity index is 4.46. The molecule has 0 atom stereocenters. The normalized spacial score (nSPS) is 12.1. The van der Waals surface area contributed by atoms with Gasteiger partial charge < -0.3 is 20.3 Å². The highest BCUT2D eigenvalue weighted by Crippen LogP contribution is 2.27. The maximum atomic E-state index is 12.8. The lowest BCUT2D eigenvalue weighted by Gasteiger charge is -2.24. The number of carbonyl (C=O) groups is 3. The first-order chi connectivity index (χ1) is 23.4. The van der Waals surface area contributed by atoms with Crippen molar-refractivity contribution < 1.29 is 19.1 Å². The average Bonchev–Trinajstić information content (AvgIpc) is 3.05. The van der Waals surface area contributed by atoms with Gasteiger partial charge in [-0.15, -0.1) is 0 Å². The zero-order valence-corrected chi connectivity index (χ0v) is 34.0. The average molecular weight is 694 g/mol. The molecule has 2 N–H and O–H groups in total. The molecule has 0 aliphatic carbocycles. The Kier molecular flexibility index (Phi) is 29.0. The van der Waals surface area contributed by atoms with E-state index in [-0.39, 0.29) is 34.7 Å². The van der Waals surface area contributed by atoms with Crippen molar-refractivity contribution in [2.45, 2.75) is 208 Å². The Morgan fingerprint density at radius 1 is 0.551 bits per heavy atom. The molecule has 0 aromatic carbocycles. The molecule has 0 unspecified atom stereocenters. The lowest BCUT2D eigenvalue weighted by molar-refractivity contribution is -0.150. The van der Waals surface area contributed by atoms with Crippen molar-refractivity contribution in [3.63, 3.8) is 0 Å². The van der Waals surface area contributed by atoms with Crippen LogP contribution in [-0.4, -0.2) is 62.5 Å². The molecule has 0 aromatic rings. The Labute approximate surface area is 304 Å². The van der Waals surface area contributed by atoms with Gasteiger partial charge in [0.2, 0.25) is 11.8 Å². The van der Waals surface area contributed by atoms with Gasteiger partial charge in [-0.1, -0.05) is 144 Å². The van der Waals surface area contributed by atoms with Gasteiger partial charge in [-0.25, -0.2) is 0 Å². The van der Waals surface area contributed by atoms with Gasteiger partial charge in [-0.3, -0.25) is 14.4 Å². The number of ether oxygens (including phenoxy) is 1. The van der Waals surface area contributed by atoms with E-state index < -0.39 is 0 Å². The molecule has 0 aromatic heterocycles. The van der Waals surface area contributed by atoms with E-state index in [1.54, 1.807) is 0 Å². The first-order valence-corrected chi connectivity index (χ1v) is 20.8. The van der Waals surface area contributed by atoms with Gasteiger partial charge in [0.05, 0.1) is 6.42 Å². The highest BCUT2D eigenvalue weighted by Gasteiger charge is 2.27. The third kappa shape index (κ3) is 27.7. The number of esters is 1. The third-order valence-electron chi connectivity index (χ3n) is 10.1. The number of unbranched alkanes of at least 4 members (excludes halogenated alkanes) is 16. The monoisotopic (exact) mass is 694 g/mol. The van der Waals surface area contributed by atoms with Crippen molar-refractivity contribution in [1.82, 2.24) is 15.5 Å². The summed E-state index contributed by atoms with van der Waals surface area (Å²) in [6.07, 6.45) is 27.4. The molecule has 0 radical (unpaired) electrons. The zero-order chi connectivity index (χ0) is 36.8. The van der Waals surface area contributed by atoms with E-state index in [0.717, 1.165) is 90.1 Å². The number of nitrogens with one attached hydrogen (secondary N) is 2. The second-order valence-corrected chi connectivity index (χ2v) is 16.4. The van der Waals surface area contributed by atoms with E-state index in [0.29, 0.717) is 13.0 Å². The Bertz CT molecular complexity index is 773. The summed E-state index contributed by atoms with van der Waals surface area (Å²) in [6, 6.07) is 0. The van der Waals surface area contributed by atoms with Gasteiger partial charge in [-0.2, -0.15) is 0 Å². The smallest absolute Gasteiger partial charge is 0.307 e. The number of nitrogens with zero attached hydrogens (tertiary/aromatic N) is 1. The van der Waals surface area contributed by atoms with Gasteiger partial charge in [0.1, 0.15) is 6.10 Å². The number of hydrogen-bond donors (Lipinski definition) is 2. The largest absolute Gasteiger partial charge is 0.462 e. The van der Waals surface area contributed by atoms with Crippen LogP contribution in [0.5, 0.6) is 0 Å². The molecule has 2 amide bonds. The van der Waals surface area contributed by atoms with E-state index in [1.165, 1.54) is 77.0 Å². The maximum absolute atomic E-state index is 12.8. The van der Waals surface area contributed by atoms with Gasteiger partial charge in [0, 0.05) is 30.5 Å². The molecule has 0 aliphatic rings. The summed E-state index contributed by atoms with van der Waals surface area (Å²) in [5, 5.41) is 6.35. The second-order valence-electron chi connectivity index (χ2n) is 16.4. The van der Waals surface area contributed by atoms with Crippen LogP contribution in [0.1, 0.15) is 202 Å². The van der Waals surface area contributed by atoms with Crippen LogP contribution in [0.3, 0.4) is 0 Å². The minimum Gasteiger partial charge on any atom is -0.462 e. The number of rotatable bonds is 34. The Morgan fingerprint density at radius 2 is 0.918 bits per heavy atom. The fourth-order valence-electron chi connectivity index (χ4n) is 6.33. The summed E-state index contributed by atoms with van der Waals surface area (Å²) in [6.45, 7) is 15.0. The molecule has 0 spiro atoms. The Morgan fingerprint density at radius 3 is 1.31 bits per heavy atom. The van der Waals surface area contributed by atoms with Crippen molar-refractivity contribution in [3.05, 3.63) is 0 Å². The van der Waals surface area contributed by atoms with Crippen LogP contribution in [-0.2, 0) is 19.1 Å². The van der Waals surface area contributed by atoms with Gasteiger partial charge in [-0.05, 0) is 65.5 Å². The summed E-state index contributed by atoms with van der Waals surface area (Å²) >= 11 is 0. The van der Waals surface area contributed by atoms with Crippen molar-refractivity contribution in [2.24, 2.45) is 10.8 Å². The highest BCUT2D eigenvalue weighted by atomic mass is 16.5. The van der Waals surface area contributed by atoms with Crippen molar-refractivity contribution in [3.8, 4) is 0 Å². The summed E-state index contributed by atoms with van der Waals surface area (Å²) in [5.74, 6) is 0.219. The second kappa shape index (κ2) is 30.0. The maximum Gasteiger partial charge on any atom is 0.307 e. The minimum atomic E-state index is -0.363. The van der Waals surface area contributed by atoms with Crippen LogP contribution in [0, 0.1) is 10.8 Å². The third-order valence-corrected chi connectivity index (χ3v) is 10.1. The fraction of sp³-hybridized carbons (Fsp3) is 0.929. The van der Waals surface area contributed by atoms with Crippen LogP contribution in [0.15, 0.2) is 0 Å². The van der Waals surface area contributed by atoms with E-state index in [4.69, 9.17) is 4.74 Å². The lowest BCUT2D eigenvalue weighted by atomic mass is 9.85. The topological polar surface area (TPSA) is 87.7 Å². The highest BCUT2D eigenvalue weighted by molar-refractivity contribution is 5.82. The van der Waals surface area contributed by atoms with Crippen molar-refractivity contribution in [2.75, 3.05) is 33.7 Å². The molecule has 7 nitrogen and oxygen atoms in total. The standard InChI is InChI=1S/C42H83N3O4/c1-9-11-13-15-17-19-27-34-43-39(47)41(3,4)32-25-21-23-29-37(49-38(46)31-36-45(7)8)30-24-22-26-33-42(5,6)40(48)44-35-28-20-18-16-14-12-10-2/h37H,9-36H2,1-8H3,(H,43,47)(H,44,48). The minimum absolute atomic E-state index is 0.0637. The van der Waals surface area contributed by atoms with Gasteiger partial charge in [0.15, 0.2) is 0 Å². The van der Waals surface area contributed by atoms with Crippen LogP contribution >= 0.6 is 0 Å². The summed E-state index contributed by atoms with van der Waals surface area (Å²) in [5.41, 5.74) is -0.727. The molecule has 0 fully saturated rings. The molecule has 0 aliphatic heterocycles. The molecule has 0 rings (SSSR count). The molecule has 7 heteroatoms. The van der Waals surface area contributed by atoms with E-state index in [9.17, 15) is 14.4 Å². The SMILES string of the molecule is CCCCCCCCCNC(=O)C(C)(C)CCCCCC(CCCCCC(C)(C)C(=O)NCCCCCCCCC)OC(=O)CCN(C)C. The van der Waals surface area contributed by atoms with E-state index in [2.05, 4.69) is 52.2 Å². The predicted molar refractivity (Wildman–Crippen MR) is 209 cm³/mol. The Hall–Kier alpha value is -1.63. The molecule has 0 saturated heterocycles. The first-order valence-electron chi connectivity index (χ1n) is 20.8. The van der Waals surface area contributed by atoms with Gasteiger partial charge >= 0.3 is 5.97 Å². The predicted octanol–water partition coefficient (Wildman–Crippen LogP) is 10.5. The number of carbonyl (C=O) groups excluding carboxylic acids is 3. The molecule has 0 heterocycles. The van der Waals surface area contributed by atoms with Crippen LogP contribution in [0.2, 0.25) is 0 Å². The first kappa shape index (κ1) is 47.4. The molecule has 0 bridgehead atoms. The fourth-order valence-corrected chi connectivity index (χ4v) is 6.33. The molecular formula is C42H83N3O4. The van der Waals surface area contributed by atoms with Crippen molar-refractivity contribution >= 4 is 17.8 Å². The quantitative estimate of drug-likeness (QED) is 0.0517. The van der Waals surface area contributed by atoms with Crippen molar-refractivity contribution in [1.29, 1.82) is 0 Å². The summed E-state index contributed by atoms with van der Waals surface area (Å²) in [7, 11) is 3.94. The molecule has 290 valence electrons. The summed E-state index contributed by atoms with van der Waals surface area (Å²) < 4.78 is 5.96. The van der Waals surface area contributed by atoms with E-state index in [1.807, 2.05) is 19.0 Å². The van der Waals surface area contributed by atoms with Crippen LogP contribution in [0.25, 0.3) is 0 Å². The van der Waals surface area contributed by atoms with Crippen LogP contribution < -0.4 is 10.6 Å².